The first-order chi connectivity index (χ1) is 7.11. The number of carbonyl (C=O) groups is 3. The van der Waals surface area contributed by atoms with Gasteiger partial charge in [0, 0.05) is 0 Å². The van der Waals surface area contributed by atoms with E-state index >= 15 is 0 Å². The third-order valence-corrected chi connectivity index (χ3v) is 1.39. The minimum Gasteiger partial charge on any atom is -0.480 e. The van der Waals surface area contributed by atoms with Crippen molar-refractivity contribution in [2.24, 2.45) is 5.73 Å². The zero-order valence-corrected chi connectivity index (χ0v) is 9.44. The van der Waals surface area contributed by atoms with Gasteiger partial charge in [-0.2, -0.15) is 0 Å². The van der Waals surface area contributed by atoms with Gasteiger partial charge >= 0.3 is 12.1 Å². The lowest BCUT2D eigenvalue weighted by atomic mass is 10.2. The van der Waals surface area contributed by atoms with E-state index in [1.54, 1.807) is 20.8 Å². The molecule has 0 saturated carbocycles. The van der Waals surface area contributed by atoms with Crippen LogP contribution in [0.1, 0.15) is 27.2 Å². The maximum absolute atomic E-state index is 11.2. The predicted molar refractivity (Wildman–Crippen MR) is 54.6 cm³/mol. The molecule has 0 rings (SSSR count). The maximum Gasteiger partial charge on any atom is 0.408 e. The molecule has 0 aliphatic heterocycles. The van der Waals surface area contributed by atoms with E-state index in [1.165, 1.54) is 0 Å². The van der Waals surface area contributed by atoms with E-state index in [9.17, 15) is 14.4 Å². The fraction of sp³-hybridized carbons (Fsp3) is 0.667. The zero-order chi connectivity index (χ0) is 12.9. The Morgan fingerprint density at radius 1 is 1.38 bits per heavy atom. The molecule has 2 amide bonds. The molecule has 0 bridgehead atoms. The number of rotatable bonds is 4. The van der Waals surface area contributed by atoms with Gasteiger partial charge in [0.15, 0.2) is 0 Å². The van der Waals surface area contributed by atoms with Crippen LogP contribution < -0.4 is 11.1 Å². The van der Waals surface area contributed by atoms with Gasteiger partial charge in [-0.05, 0) is 20.8 Å². The molecule has 0 saturated heterocycles. The summed E-state index contributed by atoms with van der Waals surface area (Å²) in [6.07, 6.45) is -1.38. The Morgan fingerprint density at radius 2 is 1.88 bits per heavy atom. The van der Waals surface area contributed by atoms with Gasteiger partial charge < -0.3 is 20.9 Å². The molecule has 92 valence electrons. The second kappa shape index (κ2) is 5.34. The van der Waals surface area contributed by atoms with Crippen LogP contribution >= 0.6 is 0 Å². The number of ether oxygens (including phenoxy) is 1. The Balaban J connectivity index is 4.35. The summed E-state index contributed by atoms with van der Waals surface area (Å²) in [4.78, 5) is 32.4. The van der Waals surface area contributed by atoms with Crippen LogP contribution in [0.25, 0.3) is 0 Å². The molecule has 0 aliphatic carbocycles. The standard InChI is InChI=1S/C9H16N2O5/c1-9(2,3)16-8(15)11-5(7(13)14)4-6(10)12/h5H,4H2,1-3H3,(H2,10,12)(H,11,15)(H,13,14)/t5-/m0/s1. The highest BCUT2D eigenvalue weighted by atomic mass is 16.6. The molecular weight excluding hydrogens is 216 g/mol. The largest absolute Gasteiger partial charge is 0.480 e. The molecule has 1 atom stereocenters. The lowest BCUT2D eigenvalue weighted by molar-refractivity contribution is -0.141. The SMILES string of the molecule is CC(C)(C)OC(=O)N[C@@H](CC(N)=O)C(=O)O. The number of hydrogen-bond donors (Lipinski definition) is 3. The third kappa shape index (κ3) is 6.63. The van der Waals surface area contributed by atoms with Crippen LogP contribution in [0.3, 0.4) is 0 Å². The number of aliphatic carboxylic acids is 1. The van der Waals surface area contributed by atoms with E-state index in [-0.39, 0.29) is 0 Å². The van der Waals surface area contributed by atoms with Crippen LogP contribution in [0, 0.1) is 0 Å². The number of nitrogens with one attached hydrogen (secondary N) is 1. The van der Waals surface area contributed by atoms with E-state index < -0.39 is 36.0 Å². The summed E-state index contributed by atoms with van der Waals surface area (Å²) in [5.74, 6) is -2.16. The number of amides is 2. The zero-order valence-electron chi connectivity index (χ0n) is 9.44. The maximum atomic E-state index is 11.2. The number of hydrogen-bond acceptors (Lipinski definition) is 4. The average molecular weight is 232 g/mol. The lowest BCUT2D eigenvalue weighted by Crippen LogP contribution is -2.45. The van der Waals surface area contributed by atoms with Crippen molar-refractivity contribution in [3.8, 4) is 0 Å². The van der Waals surface area contributed by atoms with Crippen molar-refractivity contribution in [1.29, 1.82) is 0 Å². The van der Waals surface area contributed by atoms with E-state index in [4.69, 9.17) is 15.6 Å². The van der Waals surface area contributed by atoms with Crippen molar-refractivity contribution in [3.63, 3.8) is 0 Å². The summed E-state index contributed by atoms with van der Waals surface area (Å²) >= 11 is 0. The van der Waals surface area contributed by atoms with Crippen LogP contribution in [0.2, 0.25) is 0 Å². The third-order valence-electron chi connectivity index (χ3n) is 1.39. The van der Waals surface area contributed by atoms with Gasteiger partial charge in [-0.15, -0.1) is 0 Å². The van der Waals surface area contributed by atoms with E-state index in [2.05, 4.69) is 0 Å². The molecular formula is C9H16N2O5. The van der Waals surface area contributed by atoms with Crippen molar-refractivity contribution in [1.82, 2.24) is 5.32 Å². The van der Waals surface area contributed by atoms with Gasteiger partial charge in [-0.1, -0.05) is 0 Å². The first-order valence-electron chi connectivity index (χ1n) is 4.62. The summed E-state index contributed by atoms with van der Waals surface area (Å²) in [6, 6.07) is -1.37. The number of carboxylic acid groups (broad SMARTS) is 1. The van der Waals surface area contributed by atoms with Gasteiger partial charge in [0.2, 0.25) is 5.91 Å². The monoisotopic (exact) mass is 232 g/mol. The van der Waals surface area contributed by atoms with Crippen molar-refractivity contribution < 1.29 is 24.2 Å². The molecule has 7 heteroatoms. The minimum absolute atomic E-state index is 0.478. The molecule has 0 spiro atoms. The molecule has 0 fully saturated rings. The number of nitrogens with two attached hydrogens (primary N) is 1. The van der Waals surface area contributed by atoms with Gasteiger partial charge in [-0.3, -0.25) is 4.79 Å². The molecule has 0 aromatic carbocycles. The van der Waals surface area contributed by atoms with Crippen molar-refractivity contribution >= 4 is 18.0 Å². The van der Waals surface area contributed by atoms with Crippen LogP contribution in [-0.4, -0.2) is 34.7 Å². The van der Waals surface area contributed by atoms with Crippen molar-refractivity contribution in [3.05, 3.63) is 0 Å². The van der Waals surface area contributed by atoms with E-state index in [0.717, 1.165) is 0 Å². The Morgan fingerprint density at radius 3 is 2.19 bits per heavy atom. The second-order valence-electron chi connectivity index (χ2n) is 4.21. The van der Waals surface area contributed by atoms with Gasteiger partial charge in [-0.25, -0.2) is 9.59 Å². The molecule has 0 aliphatic rings. The molecule has 0 aromatic heterocycles. The molecule has 0 unspecified atom stereocenters. The highest BCUT2D eigenvalue weighted by molar-refractivity contribution is 5.86. The highest BCUT2D eigenvalue weighted by Crippen LogP contribution is 2.07. The van der Waals surface area contributed by atoms with Gasteiger partial charge in [0.05, 0.1) is 6.42 Å². The fourth-order valence-electron chi connectivity index (χ4n) is 0.851. The van der Waals surface area contributed by atoms with Gasteiger partial charge in [0.1, 0.15) is 11.6 Å². The normalized spacial score (nSPS) is 12.7. The first-order valence-corrected chi connectivity index (χ1v) is 4.62. The molecule has 0 heterocycles. The quantitative estimate of drug-likeness (QED) is 0.622. The van der Waals surface area contributed by atoms with Crippen LogP contribution in [0.5, 0.6) is 0 Å². The molecule has 4 N–H and O–H groups in total. The number of carboxylic acids is 1. The van der Waals surface area contributed by atoms with E-state index in [0.29, 0.717) is 0 Å². The Kier molecular flexibility index (Phi) is 4.74. The number of primary amides is 1. The first kappa shape index (κ1) is 14.2. The van der Waals surface area contributed by atoms with E-state index in [1.807, 2.05) is 5.32 Å². The minimum atomic E-state index is -1.37. The summed E-state index contributed by atoms with van der Waals surface area (Å²) < 4.78 is 4.83. The smallest absolute Gasteiger partial charge is 0.408 e. The molecule has 16 heavy (non-hydrogen) atoms. The van der Waals surface area contributed by atoms with Crippen LogP contribution in [-0.2, 0) is 14.3 Å². The molecule has 0 radical (unpaired) electrons. The topological polar surface area (TPSA) is 119 Å². The van der Waals surface area contributed by atoms with Crippen molar-refractivity contribution in [2.75, 3.05) is 0 Å². The summed E-state index contributed by atoms with van der Waals surface area (Å²) in [5, 5.41) is 10.7. The lowest BCUT2D eigenvalue weighted by Gasteiger charge is -2.21. The highest BCUT2D eigenvalue weighted by Gasteiger charge is 2.25. The number of carbonyl (C=O) groups excluding carboxylic acids is 2. The van der Waals surface area contributed by atoms with Crippen LogP contribution in [0.15, 0.2) is 0 Å². The Bertz CT molecular complexity index is 295. The number of alkyl carbamates (subject to hydrolysis) is 1. The van der Waals surface area contributed by atoms with Crippen molar-refractivity contribution in [2.45, 2.75) is 38.8 Å². The summed E-state index contributed by atoms with van der Waals surface area (Å²) in [5.41, 5.74) is 4.10. The fourth-order valence-corrected chi connectivity index (χ4v) is 0.851. The molecule has 0 aromatic rings. The van der Waals surface area contributed by atoms with Gasteiger partial charge in [0.25, 0.3) is 0 Å². The summed E-state index contributed by atoms with van der Waals surface area (Å²) in [6.45, 7) is 4.91. The molecule has 7 nitrogen and oxygen atoms in total. The Labute approximate surface area is 92.9 Å². The van der Waals surface area contributed by atoms with Crippen LogP contribution in [0.4, 0.5) is 4.79 Å². The average Bonchev–Trinajstić information content (AvgIpc) is 1.97. The Hall–Kier alpha value is -1.79. The summed E-state index contributed by atoms with van der Waals surface area (Å²) in [7, 11) is 0. The predicted octanol–water partition coefficient (Wildman–Crippen LogP) is -0.160. The second-order valence-corrected chi connectivity index (χ2v) is 4.21.